The summed E-state index contributed by atoms with van der Waals surface area (Å²) in [4.78, 5) is 0. The van der Waals surface area contributed by atoms with Crippen LogP contribution in [0, 0.1) is 11.8 Å². The summed E-state index contributed by atoms with van der Waals surface area (Å²) < 4.78 is 1.02. The van der Waals surface area contributed by atoms with Gasteiger partial charge in [0.1, 0.15) is 0 Å². The molecule has 3 aromatic rings. The topological polar surface area (TPSA) is 0 Å². The number of halogens is 2. The molecule has 1 fully saturated rings. The molecule has 3 aromatic carbocycles. The van der Waals surface area contributed by atoms with Crippen LogP contribution in [0.1, 0.15) is 43.7 Å². The summed E-state index contributed by atoms with van der Waals surface area (Å²) in [6.45, 7) is 2.40. The average molecular weight is 476 g/mol. The van der Waals surface area contributed by atoms with Crippen molar-refractivity contribution in [3.63, 3.8) is 0 Å². The maximum atomic E-state index is 6.38. The Kier molecular flexibility index (Phi) is 4.31. The van der Waals surface area contributed by atoms with Gasteiger partial charge in [0, 0.05) is 14.9 Å². The maximum Gasteiger partial charge on any atom is 0.0423 e. The van der Waals surface area contributed by atoms with Crippen LogP contribution in [-0.4, -0.2) is 0 Å². The average Bonchev–Trinajstić information content (AvgIpc) is 3.00. The Morgan fingerprint density at radius 3 is 2.63 bits per heavy atom. The first-order chi connectivity index (χ1) is 14.5. The highest BCUT2D eigenvalue weighted by molar-refractivity contribution is 9.10. The van der Waals surface area contributed by atoms with E-state index in [1.54, 1.807) is 5.57 Å². The van der Waals surface area contributed by atoms with Gasteiger partial charge in [0.05, 0.1) is 0 Å². The van der Waals surface area contributed by atoms with Gasteiger partial charge in [0.15, 0.2) is 0 Å². The van der Waals surface area contributed by atoms with E-state index >= 15 is 0 Å². The lowest BCUT2D eigenvalue weighted by molar-refractivity contribution is 0.284. The second kappa shape index (κ2) is 6.84. The molecule has 0 aliphatic heterocycles. The molecule has 30 heavy (non-hydrogen) atoms. The standard InChI is InChI=1S/C28H24BrCl/c1-17-10-18-8-9-28(21(11-17)12-18)26-5-3-2-4-24(26)25-7-6-19(15-27(25)28)20-13-22(29)16-23(30)14-20/h2-7,11,13-18H,8-10,12H2,1H3. The van der Waals surface area contributed by atoms with Crippen molar-refractivity contribution in [1.82, 2.24) is 0 Å². The van der Waals surface area contributed by atoms with Gasteiger partial charge in [-0.3, -0.25) is 0 Å². The number of rotatable bonds is 1. The highest BCUT2D eigenvalue weighted by Crippen LogP contribution is 2.61. The predicted molar refractivity (Wildman–Crippen MR) is 130 cm³/mol. The van der Waals surface area contributed by atoms with Crippen LogP contribution >= 0.6 is 27.5 Å². The zero-order chi connectivity index (χ0) is 20.5. The van der Waals surface area contributed by atoms with E-state index in [4.69, 9.17) is 11.6 Å². The Balaban J connectivity index is 1.61. The van der Waals surface area contributed by atoms with Crippen molar-refractivity contribution in [1.29, 1.82) is 0 Å². The summed E-state index contributed by atoms with van der Waals surface area (Å²) in [6, 6.07) is 22.3. The summed E-state index contributed by atoms with van der Waals surface area (Å²) >= 11 is 9.99. The zero-order valence-corrected chi connectivity index (χ0v) is 19.4. The van der Waals surface area contributed by atoms with Crippen LogP contribution in [0.5, 0.6) is 0 Å². The first-order valence-electron chi connectivity index (χ1n) is 11.0. The molecule has 2 bridgehead atoms. The molecule has 3 aliphatic carbocycles. The molecule has 0 aromatic heterocycles. The van der Waals surface area contributed by atoms with Gasteiger partial charge in [-0.15, -0.1) is 0 Å². The fraction of sp³-hybridized carbons (Fsp3) is 0.286. The van der Waals surface area contributed by atoms with Crippen LogP contribution in [0.4, 0.5) is 0 Å². The fourth-order valence-electron chi connectivity index (χ4n) is 6.40. The van der Waals surface area contributed by atoms with E-state index in [0.717, 1.165) is 15.4 Å². The lowest BCUT2D eigenvalue weighted by Gasteiger charge is -2.45. The lowest BCUT2D eigenvalue weighted by Crippen LogP contribution is -2.36. The van der Waals surface area contributed by atoms with E-state index in [-0.39, 0.29) is 5.41 Å². The van der Waals surface area contributed by atoms with Crippen LogP contribution in [0.15, 0.2) is 76.8 Å². The van der Waals surface area contributed by atoms with Gasteiger partial charge in [-0.2, -0.15) is 0 Å². The third-order valence-electron chi connectivity index (χ3n) is 7.53. The molecule has 2 heteroatoms. The van der Waals surface area contributed by atoms with E-state index < -0.39 is 0 Å². The van der Waals surface area contributed by atoms with E-state index in [0.29, 0.717) is 5.92 Å². The molecule has 150 valence electrons. The summed E-state index contributed by atoms with van der Waals surface area (Å²) in [6.07, 6.45) is 7.76. The number of hydrogen-bond donors (Lipinski definition) is 0. The monoisotopic (exact) mass is 474 g/mol. The van der Waals surface area contributed by atoms with Crippen molar-refractivity contribution in [3.05, 3.63) is 92.9 Å². The molecule has 0 radical (unpaired) electrons. The van der Waals surface area contributed by atoms with E-state index in [1.807, 2.05) is 6.07 Å². The molecule has 3 unspecified atom stereocenters. The minimum Gasteiger partial charge on any atom is -0.0843 e. The Bertz CT molecular complexity index is 1190. The second-order valence-corrected chi connectivity index (χ2v) is 10.7. The summed E-state index contributed by atoms with van der Waals surface area (Å²) in [5.41, 5.74) is 9.96. The molecule has 0 amide bonds. The van der Waals surface area contributed by atoms with Crippen molar-refractivity contribution in [2.24, 2.45) is 11.8 Å². The molecular weight excluding hydrogens is 452 g/mol. The third kappa shape index (κ3) is 2.71. The van der Waals surface area contributed by atoms with Crippen LogP contribution in [0.2, 0.25) is 5.02 Å². The zero-order valence-electron chi connectivity index (χ0n) is 17.1. The number of allylic oxidation sites excluding steroid dienone is 2. The van der Waals surface area contributed by atoms with Crippen LogP contribution < -0.4 is 0 Å². The lowest BCUT2D eigenvalue weighted by atomic mass is 9.58. The molecule has 3 aliphatic rings. The number of benzene rings is 3. The number of hydrogen-bond acceptors (Lipinski definition) is 0. The van der Waals surface area contributed by atoms with E-state index in [9.17, 15) is 0 Å². The Hall–Kier alpha value is -1.83. The number of fused-ring (bicyclic) bond motifs is 8. The van der Waals surface area contributed by atoms with E-state index in [1.165, 1.54) is 59.1 Å². The van der Waals surface area contributed by atoms with Gasteiger partial charge in [-0.25, -0.2) is 0 Å². The Morgan fingerprint density at radius 2 is 1.77 bits per heavy atom. The Labute approximate surface area is 192 Å². The SMILES string of the molecule is CC1C=C2CC(CCC23c2ccccc2-c2ccc(-c4cc(Cl)cc(Br)c4)cc23)C1. The fourth-order valence-corrected chi connectivity index (χ4v) is 7.26. The first kappa shape index (κ1) is 18.9. The molecule has 6 rings (SSSR count). The minimum atomic E-state index is 0.0446. The van der Waals surface area contributed by atoms with Gasteiger partial charge in [-0.05, 0) is 95.2 Å². The molecule has 1 spiro atoms. The highest BCUT2D eigenvalue weighted by Gasteiger charge is 2.49. The van der Waals surface area contributed by atoms with Crippen molar-refractivity contribution >= 4 is 27.5 Å². The maximum absolute atomic E-state index is 6.38. The van der Waals surface area contributed by atoms with Gasteiger partial charge in [-0.1, -0.05) is 82.5 Å². The minimum absolute atomic E-state index is 0.0446. The van der Waals surface area contributed by atoms with Gasteiger partial charge < -0.3 is 0 Å². The largest absolute Gasteiger partial charge is 0.0843 e. The van der Waals surface area contributed by atoms with Crippen molar-refractivity contribution < 1.29 is 0 Å². The van der Waals surface area contributed by atoms with E-state index in [2.05, 4.69) is 83.5 Å². The van der Waals surface area contributed by atoms with Crippen molar-refractivity contribution in [2.75, 3.05) is 0 Å². The molecular formula is C28H24BrCl. The van der Waals surface area contributed by atoms with Gasteiger partial charge in [0.2, 0.25) is 0 Å². The molecule has 0 saturated heterocycles. The smallest absolute Gasteiger partial charge is 0.0423 e. The molecule has 1 saturated carbocycles. The van der Waals surface area contributed by atoms with Crippen molar-refractivity contribution in [2.45, 2.75) is 38.0 Å². The molecule has 0 nitrogen and oxygen atoms in total. The Morgan fingerprint density at radius 1 is 0.933 bits per heavy atom. The normalized spacial score (nSPS) is 26.3. The highest BCUT2D eigenvalue weighted by atomic mass is 79.9. The quantitative estimate of drug-likeness (QED) is 0.308. The molecule has 3 atom stereocenters. The van der Waals surface area contributed by atoms with Crippen LogP contribution in [0.3, 0.4) is 0 Å². The third-order valence-corrected chi connectivity index (χ3v) is 8.20. The second-order valence-electron chi connectivity index (χ2n) is 9.38. The first-order valence-corrected chi connectivity index (χ1v) is 12.1. The summed E-state index contributed by atoms with van der Waals surface area (Å²) in [5.74, 6) is 1.54. The van der Waals surface area contributed by atoms with Crippen molar-refractivity contribution in [3.8, 4) is 22.3 Å². The molecule has 0 N–H and O–H groups in total. The van der Waals surface area contributed by atoms with Gasteiger partial charge in [0.25, 0.3) is 0 Å². The summed E-state index contributed by atoms with van der Waals surface area (Å²) in [5, 5.41) is 0.766. The summed E-state index contributed by atoms with van der Waals surface area (Å²) in [7, 11) is 0. The van der Waals surface area contributed by atoms with Crippen LogP contribution in [-0.2, 0) is 5.41 Å². The van der Waals surface area contributed by atoms with Gasteiger partial charge >= 0.3 is 0 Å². The molecule has 0 heterocycles. The predicted octanol–water partition coefficient (Wildman–Crippen LogP) is 8.80. The van der Waals surface area contributed by atoms with Crippen LogP contribution in [0.25, 0.3) is 22.3 Å².